The molecule has 0 radical (unpaired) electrons. The fraction of sp³-hybridized carbons (Fsp3) is 0.457. The Morgan fingerprint density at radius 1 is 0.911 bits per heavy atom. The summed E-state index contributed by atoms with van der Waals surface area (Å²) in [6.07, 6.45) is 8.10. The van der Waals surface area contributed by atoms with Gasteiger partial charge in [-0.3, -0.25) is 0 Å². The third-order valence-corrected chi connectivity index (χ3v) is 11.0. The third kappa shape index (κ3) is 6.74. The van der Waals surface area contributed by atoms with Gasteiger partial charge in [0.2, 0.25) is 0 Å². The van der Waals surface area contributed by atoms with Gasteiger partial charge in [-0.05, 0) is 91.7 Å². The molecule has 2 amide bonds. The normalized spacial score (nSPS) is 30.2. The maximum Gasteiger partial charge on any atom is 0.338 e. The number of aromatic nitrogens is 1. The number of aromatic carboxylic acids is 1. The predicted octanol–water partition coefficient (Wildman–Crippen LogP) is 6.70. The van der Waals surface area contributed by atoms with Gasteiger partial charge in [-0.1, -0.05) is 36.4 Å². The van der Waals surface area contributed by atoms with E-state index in [1.54, 1.807) is 18.3 Å². The highest BCUT2D eigenvalue weighted by Crippen LogP contribution is 2.55. The van der Waals surface area contributed by atoms with Gasteiger partial charge in [0.15, 0.2) is 6.29 Å². The number of rotatable bonds is 9. The summed E-state index contributed by atoms with van der Waals surface area (Å²) < 4.78 is 13.0. The van der Waals surface area contributed by atoms with Crippen molar-refractivity contribution in [2.24, 2.45) is 17.8 Å². The number of hydrogen-bond donors (Lipinski definition) is 4. The summed E-state index contributed by atoms with van der Waals surface area (Å²) in [6, 6.07) is 18.3. The fourth-order valence-corrected chi connectivity index (χ4v) is 9.30. The molecule has 1 saturated heterocycles. The Morgan fingerprint density at radius 2 is 1.64 bits per heavy atom. The standard InChI is InChI=1S/C35H39N3O6S/c39-19-21-6-8-25(9-7-21)30-15-28(20-45-31-29(32(40)41)5-2-10-36-31)43-33(44-30)26-3-1-4-27(14-26)37-34(42)38-35-16-22-11-23(17-35)13-24(12-22)18-35/h1-10,14,22-24,28,30,33,39H,11-13,15-20H2,(H,40,41)(H2,37,38,42)/t22?,23?,24?,28-,30+,33+,35?/m1/s1. The third-order valence-electron chi connectivity index (χ3n) is 9.86. The van der Waals surface area contributed by atoms with Crippen LogP contribution in [0, 0.1) is 17.8 Å². The number of carboxylic acids is 1. The fourth-order valence-electron chi connectivity index (χ4n) is 8.29. The zero-order chi connectivity index (χ0) is 31.0. The molecule has 4 bridgehead atoms. The molecule has 3 atom stereocenters. The number of ether oxygens (including phenoxy) is 2. The predicted molar refractivity (Wildman–Crippen MR) is 170 cm³/mol. The first-order chi connectivity index (χ1) is 21.8. The monoisotopic (exact) mass is 629 g/mol. The van der Waals surface area contributed by atoms with E-state index in [1.807, 2.05) is 48.5 Å². The summed E-state index contributed by atoms with van der Waals surface area (Å²) in [5.74, 6) is 1.69. The van der Waals surface area contributed by atoms with Gasteiger partial charge in [-0.2, -0.15) is 0 Å². The molecular weight excluding hydrogens is 590 g/mol. The first-order valence-corrected chi connectivity index (χ1v) is 16.8. The number of carbonyl (C=O) groups excluding carboxylic acids is 1. The number of nitrogens with one attached hydrogen (secondary N) is 2. The van der Waals surface area contributed by atoms with Crippen molar-refractivity contribution < 1.29 is 29.3 Å². The lowest BCUT2D eigenvalue weighted by atomic mass is 9.53. The second-order valence-electron chi connectivity index (χ2n) is 13.2. The highest BCUT2D eigenvalue weighted by molar-refractivity contribution is 7.99. The van der Waals surface area contributed by atoms with Crippen LogP contribution in [0.1, 0.15) is 84.4 Å². The van der Waals surface area contributed by atoms with E-state index in [-0.39, 0.29) is 35.9 Å². The van der Waals surface area contributed by atoms with E-state index >= 15 is 0 Å². The summed E-state index contributed by atoms with van der Waals surface area (Å²) in [4.78, 5) is 29.3. The van der Waals surface area contributed by atoms with Crippen molar-refractivity contribution in [3.63, 3.8) is 0 Å². The summed E-state index contributed by atoms with van der Waals surface area (Å²) in [5, 5.41) is 26.0. The second kappa shape index (κ2) is 12.7. The minimum absolute atomic E-state index is 0.0387. The van der Waals surface area contributed by atoms with Crippen molar-refractivity contribution in [3.05, 3.63) is 89.1 Å². The average molecular weight is 630 g/mol. The lowest BCUT2D eigenvalue weighted by molar-refractivity contribution is -0.245. The number of carbonyl (C=O) groups is 2. The number of thioether (sulfide) groups is 1. The van der Waals surface area contributed by atoms with Crippen LogP contribution >= 0.6 is 11.8 Å². The number of amides is 2. The lowest BCUT2D eigenvalue weighted by Crippen LogP contribution is -2.60. The van der Waals surface area contributed by atoms with Crippen molar-refractivity contribution in [3.8, 4) is 0 Å². The molecule has 4 N–H and O–H groups in total. The van der Waals surface area contributed by atoms with Crippen molar-refractivity contribution in [1.82, 2.24) is 10.3 Å². The van der Waals surface area contributed by atoms with Gasteiger partial charge in [-0.25, -0.2) is 14.6 Å². The van der Waals surface area contributed by atoms with Crippen molar-refractivity contribution in [2.45, 2.75) is 80.6 Å². The van der Waals surface area contributed by atoms with E-state index in [1.165, 1.54) is 31.0 Å². The molecule has 8 rings (SSSR count). The molecule has 3 aromatic rings. The minimum atomic E-state index is -1.02. The van der Waals surface area contributed by atoms with E-state index in [0.29, 0.717) is 22.9 Å². The van der Waals surface area contributed by atoms with Gasteiger partial charge < -0.3 is 30.3 Å². The maximum atomic E-state index is 13.3. The van der Waals surface area contributed by atoms with Crippen LogP contribution in [0.2, 0.25) is 0 Å². The smallest absolute Gasteiger partial charge is 0.338 e. The van der Waals surface area contributed by atoms with Crippen molar-refractivity contribution in [2.75, 3.05) is 11.1 Å². The van der Waals surface area contributed by atoms with E-state index < -0.39 is 12.3 Å². The molecule has 5 fully saturated rings. The van der Waals surface area contributed by atoms with Crippen LogP contribution in [-0.2, 0) is 16.1 Å². The Bertz CT molecular complexity index is 1510. The molecule has 4 aliphatic carbocycles. The molecule has 2 aromatic carbocycles. The van der Waals surface area contributed by atoms with Crippen LogP contribution in [-0.4, -0.2) is 44.6 Å². The number of pyridine rings is 1. The van der Waals surface area contributed by atoms with Crippen LogP contribution in [0.4, 0.5) is 10.5 Å². The number of nitrogens with zero attached hydrogens (tertiary/aromatic N) is 1. The van der Waals surface area contributed by atoms with Gasteiger partial charge in [-0.15, -0.1) is 11.8 Å². The zero-order valence-electron chi connectivity index (χ0n) is 25.1. The number of hydrogen-bond acceptors (Lipinski definition) is 7. The molecule has 4 saturated carbocycles. The molecule has 9 nitrogen and oxygen atoms in total. The lowest BCUT2D eigenvalue weighted by Gasteiger charge is -2.56. The zero-order valence-corrected chi connectivity index (χ0v) is 25.9. The molecular formula is C35H39N3O6S. The Kier molecular flexibility index (Phi) is 8.56. The summed E-state index contributed by atoms with van der Waals surface area (Å²) >= 11 is 1.35. The average Bonchev–Trinajstić information content (AvgIpc) is 3.03. The highest BCUT2D eigenvalue weighted by Gasteiger charge is 2.51. The highest BCUT2D eigenvalue weighted by atomic mass is 32.2. The maximum absolute atomic E-state index is 13.3. The van der Waals surface area contributed by atoms with Crippen LogP contribution in [0.15, 0.2) is 71.9 Å². The molecule has 10 heteroatoms. The van der Waals surface area contributed by atoms with Crippen molar-refractivity contribution >= 4 is 29.4 Å². The van der Waals surface area contributed by atoms with E-state index in [0.717, 1.165) is 53.7 Å². The van der Waals surface area contributed by atoms with Crippen LogP contribution < -0.4 is 10.6 Å². The summed E-state index contributed by atoms with van der Waals surface area (Å²) in [5.41, 5.74) is 3.30. The SMILES string of the molecule is O=C(Nc1cccc([C@H]2O[C@@H](CSc3ncccc3C(=O)O)C[C@@H](c3ccc(CO)cc3)O2)c1)NC12CC3CC(CC(C3)C1)C2. The van der Waals surface area contributed by atoms with E-state index in [9.17, 15) is 19.8 Å². The van der Waals surface area contributed by atoms with Crippen LogP contribution in [0.3, 0.4) is 0 Å². The van der Waals surface area contributed by atoms with Crippen molar-refractivity contribution in [1.29, 1.82) is 0 Å². The molecule has 1 aromatic heterocycles. The Hall–Kier alpha value is -3.44. The molecule has 1 aliphatic heterocycles. The largest absolute Gasteiger partial charge is 0.478 e. The Morgan fingerprint density at radius 3 is 2.33 bits per heavy atom. The van der Waals surface area contributed by atoms with Gasteiger partial charge in [0.1, 0.15) is 5.03 Å². The van der Waals surface area contributed by atoms with Gasteiger partial charge in [0, 0.05) is 35.2 Å². The Labute approximate surface area is 267 Å². The van der Waals surface area contributed by atoms with Gasteiger partial charge in [0.05, 0.1) is 24.4 Å². The minimum Gasteiger partial charge on any atom is -0.478 e. The van der Waals surface area contributed by atoms with Gasteiger partial charge in [0.25, 0.3) is 0 Å². The van der Waals surface area contributed by atoms with E-state index in [4.69, 9.17) is 9.47 Å². The summed E-state index contributed by atoms with van der Waals surface area (Å²) in [7, 11) is 0. The van der Waals surface area contributed by atoms with Gasteiger partial charge >= 0.3 is 12.0 Å². The number of aliphatic hydroxyl groups is 1. The summed E-state index contributed by atoms with van der Waals surface area (Å²) in [6.45, 7) is -0.0387. The van der Waals surface area contributed by atoms with Crippen LogP contribution in [0.5, 0.6) is 0 Å². The molecule has 0 spiro atoms. The number of carboxylic acid groups (broad SMARTS) is 1. The topological polar surface area (TPSA) is 130 Å². The first-order valence-electron chi connectivity index (χ1n) is 15.9. The second-order valence-corrected chi connectivity index (χ2v) is 14.2. The number of benzene rings is 2. The molecule has 2 heterocycles. The van der Waals surface area contributed by atoms with Crippen LogP contribution in [0.25, 0.3) is 0 Å². The first kappa shape index (κ1) is 30.2. The molecule has 5 aliphatic rings. The number of anilines is 1. The number of aliphatic hydroxyl groups excluding tert-OH is 1. The van der Waals surface area contributed by atoms with E-state index in [2.05, 4.69) is 15.6 Å². The molecule has 236 valence electrons. The Balaban J connectivity index is 1.07. The quantitative estimate of drug-likeness (QED) is 0.193. The molecule has 0 unspecified atom stereocenters. The number of urea groups is 1. The molecule has 45 heavy (non-hydrogen) atoms.